The number of nitrogens with one attached hydrogen (secondary N) is 1. The Balaban J connectivity index is 1.64. The third-order valence-corrected chi connectivity index (χ3v) is 5.21. The molecule has 27 heavy (non-hydrogen) atoms. The molecule has 3 aromatic rings. The number of aromatic nitrogens is 3. The maximum absolute atomic E-state index is 14.3. The minimum Gasteiger partial charge on any atom is -0.496 e. The summed E-state index contributed by atoms with van der Waals surface area (Å²) in [6, 6.07) is 12.6. The second-order valence-electron chi connectivity index (χ2n) is 7.01. The van der Waals surface area contributed by atoms with Gasteiger partial charge in [-0.15, -0.1) is 0 Å². The van der Waals surface area contributed by atoms with Crippen LogP contribution in [0, 0.1) is 5.82 Å². The average molecular weight is 366 g/mol. The van der Waals surface area contributed by atoms with E-state index in [2.05, 4.69) is 28.2 Å². The number of likely N-dealkylation sites (tertiary alicyclic amines) is 1. The lowest BCUT2D eigenvalue weighted by Gasteiger charge is -2.28. The molecule has 1 N–H and O–H groups in total. The van der Waals surface area contributed by atoms with Gasteiger partial charge in [-0.1, -0.05) is 12.1 Å². The zero-order valence-electron chi connectivity index (χ0n) is 15.6. The SMILES string of the molecule is COc1cccc(F)c1-c1cc(-c2cccc(C3CCN(C)CC3)n2)n[nH]1. The van der Waals surface area contributed by atoms with Crippen LogP contribution in [0.2, 0.25) is 0 Å². The topological polar surface area (TPSA) is 54.0 Å². The number of aromatic amines is 1. The predicted octanol–water partition coefficient (Wildman–Crippen LogP) is 4.10. The van der Waals surface area contributed by atoms with Gasteiger partial charge in [0.25, 0.3) is 0 Å². The molecule has 1 aromatic carbocycles. The fourth-order valence-electron chi connectivity index (χ4n) is 3.64. The van der Waals surface area contributed by atoms with Gasteiger partial charge in [0.05, 0.1) is 24.1 Å². The van der Waals surface area contributed by atoms with Crippen molar-refractivity contribution in [1.29, 1.82) is 0 Å². The van der Waals surface area contributed by atoms with Crippen LogP contribution in [0.5, 0.6) is 5.75 Å². The van der Waals surface area contributed by atoms with Crippen LogP contribution in [0.4, 0.5) is 4.39 Å². The minimum absolute atomic E-state index is 0.349. The average Bonchev–Trinajstić information content (AvgIpc) is 3.18. The molecule has 0 aliphatic carbocycles. The lowest BCUT2D eigenvalue weighted by atomic mass is 9.93. The maximum Gasteiger partial charge on any atom is 0.136 e. The molecule has 0 amide bonds. The molecule has 0 radical (unpaired) electrons. The summed E-state index contributed by atoms with van der Waals surface area (Å²) in [6.07, 6.45) is 2.23. The summed E-state index contributed by atoms with van der Waals surface area (Å²) in [6.45, 7) is 2.19. The molecule has 0 unspecified atom stereocenters. The van der Waals surface area contributed by atoms with Crippen molar-refractivity contribution < 1.29 is 9.13 Å². The van der Waals surface area contributed by atoms with E-state index in [0.717, 1.165) is 37.3 Å². The molecule has 6 heteroatoms. The molecule has 1 saturated heterocycles. The smallest absolute Gasteiger partial charge is 0.136 e. The zero-order chi connectivity index (χ0) is 18.8. The van der Waals surface area contributed by atoms with E-state index in [1.54, 1.807) is 12.1 Å². The van der Waals surface area contributed by atoms with Crippen molar-refractivity contribution in [3.05, 3.63) is 54.0 Å². The zero-order valence-corrected chi connectivity index (χ0v) is 15.6. The number of pyridine rings is 1. The lowest BCUT2D eigenvalue weighted by Crippen LogP contribution is -2.29. The van der Waals surface area contributed by atoms with Gasteiger partial charge in [-0.3, -0.25) is 10.1 Å². The Bertz CT molecular complexity index is 931. The van der Waals surface area contributed by atoms with Crippen LogP contribution in [0.1, 0.15) is 24.5 Å². The third kappa shape index (κ3) is 3.57. The molecule has 1 aliphatic rings. The first kappa shape index (κ1) is 17.7. The number of halogens is 1. The first-order valence-electron chi connectivity index (χ1n) is 9.20. The molecular formula is C21H23FN4O. The number of hydrogen-bond acceptors (Lipinski definition) is 4. The van der Waals surface area contributed by atoms with Crippen LogP contribution >= 0.6 is 0 Å². The molecule has 140 valence electrons. The van der Waals surface area contributed by atoms with E-state index in [1.807, 2.05) is 18.2 Å². The summed E-state index contributed by atoms with van der Waals surface area (Å²) >= 11 is 0. The van der Waals surface area contributed by atoms with E-state index in [9.17, 15) is 4.39 Å². The van der Waals surface area contributed by atoms with Gasteiger partial charge in [0.2, 0.25) is 0 Å². The van der Waals surface area contributed by atoms with Crippen molar-refractivity contribution in [3.8, 4) is 28.4 Å². The Kier molecular flexibility index (Phi) is 4.90. The summed E-state index contributed by atoms with van der Waals surface area (Å²) in [4.78, 5) is 7.19. The molecular weight excluding hydrogens is 343 g/mol. The second kappa shape index (κ2) is 7.48. The Morgan fingerprint density at radius 2 is 1.89 bits per heavy atom. The number of piperidine rings is 1. The number of methoxy groups -OCH3 is 1. The molecule has 0 atom stereocenters. The molecule has 0 saturated carbocycles. The molecule has 4 rings (SSSR count). The van der Waals surface area contributed by atoms with Gasteiger partial charge in [-0.05, 0) is 63.3 Å². The molecule has 0 bridgehead atoms. The molecule has 3 heterocycles. The van der Waals surface area contributed by atoms with Crippen molar-refractivity contribution in [2.24, 2.45) is 0 Å². The Morgan fingerprint density at radius 3 is 2.67 bits per heavy atom. The van der Waals surface area contributed by atoms with Crippen molar-refractivity contribution in [2.75, 3.05) is 27.2 Å². The van der Waals surface area contributed by atoms with Crippen LogP contribution in [0.25, 0.3) is 22.6 Å². The minimum atomic E-state index is -0.349. The fraction of sp³-hybridized carbons (Fsp3) is 0.333. The highest BCUT2D eigenvalue weighted by atomic mass is 19.1. The van der Waals surface area contributed by atoms with Gasteiger partial charge < -0.3 is 9.64 Å². The molecule has 2 aromatic heterocycles. The Hall–Kier alpha value is -2.73. The molecule has 1 aliphatic heterocycles. The Labute approximate surface area is 158 Å². The van der Waals surface area contributed by atoms with Gasteiger partial charge in [0, 0.05) is 11.6 Å². The van der Waals surface area contributed by atoms with Crippen molar-refractivity contribution in [1.82, 2.24) is 20.1 Å². The first-order valence-corrected chi connectivity index (χ1v) is 9.20. The van der Waals surface area contributed by atoms with E-state index in [1.165, 1.54) is 13.2 Å². The van der Waals surface area contributed by atoms with Gasteiger partial charge in [-0.2, -0.15) is 5.10 Å². The summed E-state index contributed by atoms with van der Waals surface area (Å²) in [5, 5.41) is 7.28. The van der Waals surface area contributed by atoms with E-state index in [4.69, 9.17) is 9.72 Å². The molecule has 5 nitrogen and oxygen atoms in total. The molecule has 0 spiro atoms. The number of rotatable bonds is 4. The highest BCUT2D eigenvalue weighted by molar-refractivity contribution is 5.71. The van der Waals surface area contributed by atoms with Crippen LogP contribution in [-0.2, 0) is 0 Å². The first-order chi connectivity index (χ1) is 13.2. The number of H-pyrrole nitrogens is 1. The van der Waals surface area contributed by atoms with Crippen LogP contribution < -0.4 is 4.74 Å². The van der Waals surface area contributed by atoms with Gasteiger partial charge >= 0.3 is 0 Å². The normalized spacial score (nSPS) is 15.8. The number of ether oxygens (including phenoxy) is 1. The monoisotopic (exact) mass is 366 g/mol. The van der Waals surface area contributed by atoms with E-state index in [0.29, 0.717) is 28.6 Å². The number of benzene rings is 1. The van der Waals surface area contributed by atoms with E-state index < -0.39 is 0 Å². The van der Waals surface area contributed by atoms with Gasteiger partial charge in [-0.25, -0.2) is 4.39 Å². The van der Waals surface area contributed by atoms with Crippen molar-refractivity contribution >= 4 is 0 Å². The summed E-state index contributed by atoms with van der Waals surface area (Å²) in [5.74, 6) is 0.599. The molecule has 1 fully saturated rings. The fourth-order valence-corrected chi connectivity index (χ4v) is 3.64. The lowest BCUT2D eigenvalue weighted by molar-refractivity contribution is 0.253. The Morgan fingerprint density at radius 1 is 1.11 bits per heavy atom. The van der Waals surface area contributed by atoms with Crippen LogP contribution in [0.15, 0.2) is 42.5 Å². The largest absolute Gasteiger partial charge is 0.496 e. The third-order valence-electron chi connectivity index (χ3n) is 5.21. The maximum atomic E-state index is 14.3. The number of hydrogen-bond donors (Lipinski definition) is 1. The van der Waals surface area contributed by atoms with E-state index >= 15 is 0 Å². The van der Waals surface area contributed by atoms with Gasteiger partial charge in [0.1, 0.15) is 17.3 Å². The highest BCUT2D eigenvalue weighted by Gasteiger charge is 2.20. The number of nitrogens with zero attached hydrogens (tertiary/aromatic N) is 3. The van der Waals surface area contributed by atoms with Crippen molar-refractivity contribution in [3.63, 3.8) is 0 Å². The van der Waals surface area contributed by atoms with Crippen molar-refractivity contribution in [2.45, 2.75) is 18.8 Å². The summed E-state index contributed by atoms with van der Waals surface area (Å²) in [5.41, 5.74) is 3.56. The van der Waals surface area contributed by atoms with Crippen LogP contribution in [0.3, 0.4) is 0 Å². The summed E-state index contributed by atoms with van der Waals surface area (Å²) in [7, 11) is 3.69. The summed E-state index contributed by atoms with van der Waals surface area (Å²) < 4.78 is 19.6. The van der Waals surface area contributed by atoms with Gasteiger partial charge in [0.15, 0.2) is 0 Å². The predicted molar refractivity (Wildman–Crippen MR) is 103 cm³/mol. The van der Waals surface area contributed by atoms with E-state index in [-0.39, 0.29) is 5.82 Å². The standard InChI is InChI=1S/C21H23FN4O/c1-26-11-9-14(10-12-26)16-6-4-7-17(23-16)18-13-19(25-24-18)21-15(22)5-3-8-20(21)27-2/h3-8,13-14H,9-12H2,1-2H3,(H,24,25). The second-order valence-corrected chi connectivity index (χ2v) is 7.01. The highest BCUT2D eigenvalue weighted by Crippen LogP contribution is 2.33. The van der Waals surface area contributed by atoms with Crippen LogP contribution in [-0.4, -0.2) is 47.3 Å². The quantitative estimate of drug-likeness (QED) is 0.755.